The van der Waals surface area contributed by atoms with Crippen molar-refractivity contribution in [2.75, 3.05) is 0 Å². The van der Waals surface area contributed by atoms with Gasteiger partial charge in [0, 0.05) is 10.4 Å². The Labute approximate surface area is 151 Å². The number of fused-ring (bicyclic) bond motifs is 3. The molecule has 0 saturated heterocycles. The van der Waals surface area contributed by atoms with Crippen molar-refractivity contribution in [3.8, 4) is 11.1 Å². The molecule has 0 bridgehead atoms. The smallest absolute Gasteiger partial charge is 0.0484 e. The van der Waals surface area contributed by atoms with Crippen LogP contribution in [0.2, 0.25) is 5.02 Å². The summed E-state index contributed by atoms with van der Waals surface area (Å²) in [6, 6.07) is 32.0. The third-order valence-electron chi connectivity index (χ3n) is 4.91. The maximum Gasteiger partial charge on any atom is 0.0484 e. The highest BCUT2D eigenvalue weighted by Gasteiger charge is 2.13. The normalized spacial score (nSPS) is 11.4. The summed E-state index contributed by atoms with van der Waals surface area (Å²) in [6.45, 7) is 0. The first-order valence-corrected chi connectivity index (χ1v) is 8.79. The van der Waals surface area contributed by atoms with E-state index >= 15 is 0 Å². The van der Waals surface area contributed by atoms with E-state index in [1.807, 2.05) is 12.1 Å². The van der Waals surface area contributed by atoms with Gasteiger partial charge < -0.3 is 0 Å². The lowest BCUT2D eigenvalue weighted by atomic mass is 9.89. The van der Waals surface area contributed by atoms with Crippen molar-refractivity contribution < 1.29 is 0 Å². The maximum absolute atomic E-state index is 6.45. The number of benzene rings is 5. The predicted octanol–water partition coefficient (Wildman–Crippen LogP) is 7.47. The van der Waals surface area contributed by atoms with Gasteiger partial charge in [0.05, 0.1) is 0 Å². The van der Waals surface area contributed by atoms with E-state index in [-0.39, 0.29) is 0 Å². The summed E-state index contributed by atoms with van der Waals surface area (Å²) in [6.07, 6.45) is 0. The van der Waals surface area contributed by atoms with E-state index in [0.717, 1.165) is 10.4 Å². The van der Waals surface area contributed by atoms with Crippen molar-refractivity contribution in [2.24, 2.45) is 0 Å². The van der Waals surface area contributed by atoms with Crippen LogP contribution in [0.25, 0.3) is 43.4 Å². The highest BCUT2D eigenvalue weighted by atomic mass is 35.5. The molecule has 0 heterocycles. The number of hydrogen-bond acceptors (Lipinski definition) is 0. The summed E-state index contributed by atoms with van der Waals surface area (Å²) in [5, 5.41) is 8.15. The van der Waals surface area contributed by atoms with Gasteiger partial charge in [-0.1, -0.05) is 90.5 Å². The molecule has 118 valence electrons. The molecule has 0 nitrogen and oxygen atoms in total. The van der Waals surface area contributed by atoms with Gasteiger partial charge in [-0.25, -0.2) is 0 Å². The molecule has 0 aliphatic carbocycles. The molecular formula is C24H15Cl. The SMILES string of the molecule is Clc1ccc(-c2c3ccccc3cc3ccccc23)c2ccccc12. The Morgan fingerprint density at radius 3 is 1.64 bits per heavy atom. The highest BCUT2D eigenvalue weighted by Crippen LogP contribution is 2.40. The first kappa shape index (κ1) is 14.5. The third-order valence-corrected chi connectivity index (χ3v) is 5.24. The van der Waals surface area contributed by atoms with Gasteiger partial charge in [-0.15, -0.1) is 0 Å². The molecule has 0 fully saturated rings. The van der Waals surface area contributed by atoms with Crippen LogP contribution in [-0.4, -0.2) is 0 Å². The zero-order valence-electron chi connectivity index (χ0n) is 13.5. The average Bonchev–Trinajstić information content (AvgIpc) is 2.67. The van der Waals surface area contributed by atoms with Crippen LogP contribution in [0.3, 0.4) is 0 Å². The van der Waals surface area contributed by atoms with Crippen LogP contribution in [0.5, 0.6) is 0 Å². The Morgan fingerprint density at radius 2 is 1.00 bits per heavy atom. The average molecular weight is 339 g/mol. The van der Waals surface area contributed by atoms with Crippen molar-refractivity contribution >= 4 is 43.9 Å². The standard InChI is InChI=1S/C24H15Cl/c25-23-14-13-22(20-11-5-6-12-21(20)23)24-18-9-3-1-7-16(18)15-17-8-2-4-10-19(17)24/h1-15H. The summed E-state index contributed by atoms with van der Waals surface area (Å²) >= 11 is 6.45. The molecule has 25 heavy (non-hydrogen) atoms. The van der Waals surface area contributed by atoms with E-state index in [9.17, 15) is 0 Å². The number of hydrogen-bond donors (Lipinski definition) is 0. The second-order valence-corrected chi connectivity index (χ2v) is 6.74. The van der Waals surface area contributed by atoms with Crippen LogP contribution < -0.4 is 0 Å². The lowest BCUT2D eigenvalue weighted by Crippen LogP contribution is -1.87. The van der Waals surface area contributed by atoms with Gasteiger partial charge in [0.2, 0.25) is 0 Å². The molecule has 0 radical (unpaired) electrons. The van der Waals surface area contributed by atoms with Crippen LogP contribution in [0.1, 0.15) is 0 Å². The van der Waals surface area contributed by atoms with E-state index in [2.05, 4.69) is 78.9 Å². The number of rotatable bonds is 1. The minimum absolute atomic E-state index is 0.795. The van der Waals surface area contributed by atoms with Crippen molar-refractivity contribution in [2.45, 2.75) is 0 Å². The zero-order chi connectivity index (χ0) is 16.8. The van der Waals surface area contributed by atoms with Gasteiger partial charge >= 0.3 is 0 Å². The quantitative estimate of drug-likeness (QED) is 0.278. The molecule has 5 aromatic carbocycles. The van der Waals surface area contributed by atoms with Crippen LogP contribution in [0.15, 0.2) is 91.0 Å². The fourth-order valence-corrected chi connectivity index (χ4v) is 4.01. The lowest BCUT2D eigenvalue weighted by Gasteiger charge is -2.15. The van der Waals surface area contributed by atoms with Crippen LogP contribution in [0, 0.1) is 0 Å². The van der Waals surface area contributed by atoms with E-state index in [1.54, 1.807) is 0 Å². The molecule has 0 atom stereocenters. The molecule has 0 aliphatic heterocycles. The molecule has 0 unspecified atom stereocenters. The summed E-state index contributed by atoms with van der Waals surface area (Å²) in [7, 11) is 0. The Hall–Kier alpha value is -2.83. The van der Waals surface area contributed by atoms with Crippen molar-refractivity contribution in [3.63, 3.8) is 0 Å². The van der Waals surface area contributed by atoms with E-state index in [1.165, 1.54) is 38.1 Å². The van der Waals surface area contributed by atoms with E-state index in [0.29, 0.717) is 0 Å². The zero-order valence-corrected chi connectivity index (χ0v) is 14.3. The van der Waals surface area contributed by atoms with Crippen LogP contribution in [0.4, 0.5) is 0 Å². The van der Waals surface area contributed by atoms with Crippen molar-refractivity contribution in [3.05, 3.63) is 96.0 Å². The topological polar surface area (TPSA) is 0 Å². The fourth-order valence-electron chi connectivity index (χ4n) is 3.78. The van der Waals surface area contributed by atoms with Gasteiger partial charge in [0.15, 0.2) is 0 Å². The van der Waals surface area contributed by atoms with E-state index in [4.69, 9.17) is 11.6 Å². The molecule has 5 rings (SSSR count). The molecule has 0 aromatic heterocycles. The van der Waals surface area contributed by atoms with Crippen LogP contribution in [-0.2, 0) is 0 Å². The largest absolute Gasteiger partial charge is 0.0837 e. The Morgan fingerprint density at radius 1 is 0.480 bits per heavy atom. The van der Waals surface area contributed by atoms with Gasteiger partial charge in [0.1, 0.15) is 0 Å². The summed E-state index contributed by atoms with van der Waals surface area (Å²) in [5.74, 6) is 0. The second kappa shape index (κ2) is 5.61. The first-order chi connectivity index (χ1) is 12.3. The summed E-state index contributed by atoms with van der Waals surface area (Å²) in [4.78, 5) is 0. The third kappa shape index (κ3) is 2.22. The predicted molar refractivity (Wildman–Crippen MR) is 109 cm³/mol. The Balaban J connectivity index is 2.03. The first-order valence-electron chi connectivity index (χ1n) is 8.41. The molecule has 1 heteroatoms. The Bertz CT molecular complexity index is 1200. The van der Waals surface area contributed by atoms with Gasteiger partial charge in [-0.05, 0) is 50.2 Å². The van der Waals surface area contributed by atoms with E-state index < -0.39 is 0 Å². The molecule has 0 spiro atoms. The van der Waals surface area contributed by atoms with Crippen molar-refractivity contribution in [1.82, 2.24) is 0 Å². The second-order valence-electron chi connectivity index (χ2n) is 6.33. The monoisotopic (exact) mass is 338 g/mol. The lowest BCUT2D eigenvalue weighted by molar-refractivity contribution is 1.70. The van der Waals surface area contributed by atoms with Crippen molar-refractivity contribution in [1.29, 1.82) is 0 Å². The minimum atomic E-state index is 0.795. The fraction of sp³-hybridized carbons (Fsp3) is 0. The van der Waals surface area contributed by atoms with Gasteiger partial charge in [0.25, 0.3) is 0 Å². The molecule has 0 amide bonds. The minimum Gasteiger partial charge on any atom is -0.0837 e. The van der Waals surface area contributed by atoms with Gasteiger partial charge in [-0.3, -0.25) is 0 Å². The van der Waals surface area contributed by atoms with Gasteiger partial charge in [-0.2, -0.15) is 0 Å². The molecular weight excluding hydrogens is 324 g/mol. The molecule has 0 saturated carbocycles. The Kier molecular flexibility index (Phi) is 3.26. The molecule has 0 aliphatic rings. The highest BCUT2D eigenvalue weighted by molar-refractivity contribution is 6.36. The number of halogens is 1. The maximum atomic E-state index is 6.45. The molecule has 5 aromatic rings. The summed E-state index contributed by atoms with van der Waals surface area (Å²) in [5.41, 5.74) is 2.51. The summed E-state index contributed by atoms with van der Waals surface area (Å²) < 4.78 is 0. The molecule has 0 N–H and O–H groups in total. The van der Waals surface area contributed by atoms with Crippen LogP contribution >= 0.6 is 11.6 Å².